The maximum absolute atomic E-state index is 12.6. The second-order valence-electron chi connectivity index (χ2n) is 6.55. The Morgan fingerprint density at radius 2 is 1.85 bits per heavy atom. The van der Waals surface area contributed by atoms with Gasteiger partial charge in [0.25, 0.3) is 10.0 Å². The molecule has 5 nitrogen and oxygen atoms in total. The fourth-order valence-electron chi connectivity index (χ4n) is 3.45. The van der Waals surface area contributed by atoms with Crippen LogP contribution in [0.2, 0.25) is 0 Å². The molecular formula is C19H21N3O2S2. The second-order valence-corrected chi connectivity index (χ2v) is 9.66. The summed E-state index contributed by atoms with van der Waals surface area (Å²) in [5.41, 5.74) is 1.11. The molecule has 0 amide bonds. The quantitative estimate of drug-likeness (QED) is 0.671. The maximum Gasteiger partial charge on any atom is 0.252 e. The molecule has 26 heavy (non-hydrogen) atoms. The van der Waals surface area contributed by atoms with Gasteiger partial charge in [-0.15, -0.1) is 11.3 Å². The SMILES string of the molecule is O=S(=O)(c1cccs1)N1CCC(Cn2ccnc2-c2ccccc2)CC1. The van der Waals surface area contributed by atoms with Crippen LogP contribution < -0.4 is 0 Å². The van der Waals surface area contributed by atoms with Crippen LogP contribution in [0, 0.1) is 5.92 Å². The Hall–Kier alpha value is -1.96. The predicted octanol–water partition coefficient (Wildman–Crippen LogP) is 3.71. The molecule has 1 aliphatic heterocycles. The molecule has 0 radical (unpaired) electrons. The van der Waals surface area contributed by atoms with Gasteiger partial charge in [0, 0.05) is 37.6 Å². The summed E-state index contributed by atoms with van der Waals surface area (Å²) >= 11 is 1.29. The van der Waals surface area contributed by atoms with Crippen molar-refractivity contribution in [2.24, 2.45) is 5.92 Å². The number of benzene rings is 1. The summed E-state index contributed by atoms with van der Waals surface area (Å²) in [4.78, 5) is 4.50. The summed E-state index contributed by atoms with van der Waals surface area (Å²) < 4.78 is 29.5. The highest BCUT2D eigenvalue weighted by Gasteiger charge is 2.30. The first-order valence-electron chi connectivity index (χ1n) is 8.75. The molecule has 4 rings (SSSR count). The molecule has 1 saturated heterocycles. The minimum atomic E-state index is -3.32. The minimum Gasteiger partial charge on any atom is -0.331 e. The topological polar surface area (TPSA) is 55.2 Å². The van der Waals surface area contributed by atoms with E-state index in [1.807, 2.05) is 36.0 Å². The van der Waals surface area contributed by atoms with Crippen molar-refractivity contribution in [1.29, 1.82) is 0 Å². The van der Waals surface area contributed by atoms with Gasteiger partial charge in [0.2, 0.25) is 0 Å². The van der Waals surface area contributed by atoms with Gasteiger partial charge in [-0.3, -0.25) is 0 Å². The molecule has 0 bridgehead atoms. The van der Waals surface area contributed by atoms with Crippen LogP contribution in [0.3, 0.4) is 0 Å². The molecule has 1 fully saturated rings. The van der Waals surface area contributed by atoms with E-state index < -0.39 is 10.0 Å². The summed E-state index contributed by atoms with van der Waals surface area (Å²) in [6.07, 6.45) is 5.59. The number of rotatable bonds is 5. The molecule has 0 unspecified atom stereocenters. The van der Waals surface area contributed by atoms with Gasteiger partial charge in [-0.1, -0.05) is 36.4 Å². The zero-order valence-corrected chi connectivity index (χ0v) is 16.0. The van der Waals surface area contributed by atoms with Gasteiger partial charge in [-0.05, 0) is 30.2 Å². The first-order chi connectivity index (χ1) is 12.6. The average Bonchev–Trinajstić information content (AvgIpc) is 3.35. The van der Waals surface area contributed by atoms with E-state index in [-0.39, 0.29) is 0 Å². The van der Waals surface area contributed by atoms with Crippen molar-refractivity contribution in [3.8, 4) is 11.4 Å². The van der Waals surface area contributed by atoms with Crippen molar-refractivity contribution in [3.05, 3.63) is 60.2 Å². The molecule has 136 valence electrons. The number of hydrogen-bond donors (Lipinski definition) is 0. The lowest BCUT2D eigenvalue weighted by Crippen LogP contribution is -2.39. The minimum absolute atomic E-state index is 0.442. The zero-order valence-electron chi connectivity index (χ0n) is 14.4. The van der Waals surface area contributed by atoms with E-state index in [2.05, 4.69) is 21.7 Å². The summed E-state index contributed by atoms with van der Waals surface area (Å²) in [5, 5.41) is 1.81. The highest BCUT2D eigenvalue weighted by Crippen LogP contribution is 2.28. The summed E-state index contributed by atoms with van der Waals surface area (Å²) in [6.45, 7) is 2.04. The molecule has 3 aromatic rings. The number of hydrogen-bond acceptors (Lipinski definition) is 4. The Morgan fingerprint density at radius 1 is 1.08 bits per heavy atom. The van der Waals surface area contributed by atoms with E-state index in [0.717, 1.165) is 30.8 Å². The van der Waals surface area contributed by atoms with Gasteiger partial charge in [-0.2, -0.15) is 4.31 Å². The van der Waals surface area contributed by atoms with Crippen LogP contribution in [0.1, 0.15) is 12.8 Å². The van der Waals surface area contributed by atoms with Crippen molar-refractivity contribution in [2.75, 3.05) is 13.1 Å². The number of nitrogens with zero attached hydrogens (tertiary/aromatic N) is 3. The van der Waals surface area contributed by atoms with Crippen LogP contribution in [0.25, 0.3) is 11.4 Å². The van der Waals surface area contributed by atoms with Gasteiger partial charge in [0.1, 0.15) is 10.0 Å². The van der Waals surface area contributed by atoms with Crippen LogP contribution in [0.15, 0.2) is 64.4 Å². The highest BCUT2D eigenvalue weighted by molar-refractivity contribution is 7.91. The third-order valence-electron chi connectivity index (χ3n) is 4.87. The first-order valence-corrected chi connectivity index (χ1v) is 11.1. The molecule has 2 aromatic heterocycles. The van der Waals surface area contributed by atoms with Crippen LogP contribution in [0.5, 0.6) is 0 Å². The van der Waals surface area contributed by atoms with Crippen molar-refractivity contribution in [2.45, 2.75) is 23.6 Å². The Labute approximate surface area is 158 Å². The molecule has 0 aliphatic carbocycles. The van der Waals surface area contributed by atoms with Crippen LogP contribution >= 0.6 is 11.3 Å². The van der Waals surface area contributed by atoms with Crippen LogP contribution in [-0.2, 0) is 16.6 Å². The van der Waals surface area contributed by atoms with E-state index in [1.165, 1.54) is 11.3 Å². The molecule has 0 N–H and O–H groups in total. The summed E-state index contributed by atoms with van der Waals surface area (Å²) in [5.74, 6) is 1.43. The van der Waals surface area contributed by atoms with Gasteiger partial charge in [-0.25, -0.2) is 13.4 Å². The summed E-state index contributed by atoms with van der Waals surface area (Å²) in [6, 6.07) is 13.6. The van der Waals surface area contributed by atoms with Crippen molar-refractivity contribution >= 4 is 21.4 Å². The van der Waals surface area contributed by atoms with Crippen molar-refractivity contribution < 1.29 is 8.42 Å². The van der Waals surface area contributed by atoms with Gasteiger partial charge >= 0.3 is 0 Å². The molecule has 0 saturated carbocycles. The van der Waals surface area contributed by atoms with E-state index in [4.69, 9.17) is 0 Å². The monoisotopic (exact) mass is 387 g/mol. The number of sulfonamides is 1. The standard InChI is InChI=1S/C19H21N3O2S2/c23-26(24,18-7-4-14-25-18)22-11-8-16(9-12-22)15-21-13-10-20-19(21)17-5-2-1-3-6-17/h1-7,10,13-14,16H,8-9,11-12,15H2. The van der Waals surface area contributed by atoms with Gasteiger partial charge in [0.05, 0.1) is 0 Å². The third kappa shape index (κ3) is 3.47. The first kappa shape index (κ1) is 17.5. The molecular weight excluding hydrogens is 366 g/mol. The highest BCUT2D eigenvalue weighted by atomic mass is 32.2. The van der Waals surface area contributed by atoms with E-state index >= 15 is 0 Å². The fraction of sp³-hybridized carbons (Fsp3) is 0.316. The lowest BCUT2D eigenvalue weighted by Gasteiger charge is -2.31. The molecule has 0 atom stereocenters. The van der Waals surface area contributed by atoms with E-state index in [1.54, 1.807) is 16.4 Å². The molecule has 3 heterocycles. The Balaban J connectivity index is 1.42. The maximum atomic E-state index is 12.6. The smallest absolute Gasteiger partial charge is 0.252 e. The van der Waals surface area contributed by atoms with Crippen molar-refractivity contribution in [1.82, 2.24) is 13.9 Å². The molecule has 1 aliphatic rings. The Bertz CT molecular complexity index is 942. The largest absolute Gasteiger partial charge is 0.331 e. The van der Waals surface area contributed by atoms with Gasteiger partial charge < -0.3 is 4.57 Å². The summed E-state index contributed by atoms with van der Waals surface area (Å²) in [7, 11) is -3.32. The number of thiophene rings is 1. The Kier molecular flexibility index (Phi) is 4.93. The number of aromatic nitrogens is 2. The number of imidazole rings is 1. The lowest BCUT2D eigenvalue weighted by atomic mass is 9.98. The third-order valence-corrected chi connectivity index (χ3v) is 8.14. The van der Waals surface area contributed by atoms with E-state index in [0.29, 0.717) is 23.2 Å². The van der Waals surface area contributed by atoms with Crippen LogP contribution in [0.4, 0.5) is 0 Å². The zero-order chi connectivity index (χ0) is 18.0. The van der Waals surface area contributed by atoms with Crippen LogP contribution in [-0.4, -0.2) is 35.4 Å². The second kappa shape index (κ2) is 7.34. The van der Waals surface area contributed by atoms with Crippen molar-refractivity contribution in [3.63, 3.8) is 0 Å². The lowest BCUT2D eigenvalue weighted by molar-refractivity contribution is 0.254. The predicted molar refractivity (Wildman–Crippen MR) is 103 cm³/mol. The number of piperidine rings is 1. The molecule has 1 aromatic carbocycles. The normalized spacial score (nSPS) is 16.8. The fourth-order valence-corrected chi connectivity index (χ4v) is 6.07. The molecule has 7 heteroatoms. The van der Waals surface area contributed by atoms with E-state index in [9.17, 15) is 8.42 Å². The molecule has 0 spiro atoms. The Morgan fingerprint density at radius 3 is 2.54 bits per heavy atom. The average molecular weight is 388 g/mol. The van der Waals surface area contributed by atoms with Gasteiger partial charge in [0.15, 0.2) is 0 Å².